The number of carbonyl (C=O) groups is 2. The molecule has 4 rings (SSSR count). The smallest absolute Gasteiger partial charge is 0.254 e. The predicted molar refractivity (Wildman–Crippen MR) is 112 cm³/mol. The average molecular weight is 400 g/mol. The maximum atomic E-state index is 13.1. The summed E-state index contributed by atoms with van der Waals surface area (Å²) < 4.78 is 5.34. The first-order valence-electron chi connectivity index (χ1n) is 11.2. The normalized spacial score (nSPS) is 25.3. The Balaban J connectivity index is 1.31. The first-order valence-corrected chi connectivity index (χ1v) is 11.2. The number of carbonyl (C=O) groups excluding carboxylic acids is 2. The molecule has 6 heteroatoms. The number of amides is 2. The van der Waals surface area contributed by atoms with Gasteiger partial charge in [-0.05, 0) is 55.9 Å². The Morgan fingerprint density at radius 2 is 1.62 bits per heavy atom. The van der Waals surface area contributed by atoms with E-state index in [0.717, 1.165) is 52.2 Å². The largest absolute Gasteiger partial charge is 0.379 e. The lowest BCUT2D eigenvalue weighted by Gasteiger charge is -2.44. The van der Waals surface area contributed by atoms with Crippen LogP contribution in [0.4, 0.5) is 0 Å². The SMILES string of the molecule is O=C(NCCN1CCOCC1)c1ccc(C(=O)N2CCC[C@@H]3CCCC[C@@H]32)cc1. The third kappa shape index (κ3) is 4.98. The minimum Gasteiger partial charge on any atom is -0.379 e. The van der Waals surface area contributed by atoms with Crippen LogP contribution in [0, 0.1) is 5.92 Å². The summed E-state index contributed by atoms with van der Waals surface area (Å²) in [6, 6.07) is 7.59. The number of benzene rings is 1. The zero-order valence-corrected chi connectivity index (χ0v) is 17.3. The van der Waals surface area contributed by atoms with Crippen LogP contribution in [0.3, 0.4) is 0 Å². The van der Waals surface area contributed by atoms with Gasteiger partial charge in [-0.25, -0.2) is 0 Å². The number of rotatable bonds is 5. The fourth-order valence-electron chi connectivity index (χ4n) is 5.06. The van der Waals surface area contributed by atoms with Crippen molar-refractivity contribution in [1.82, 2.24) is 15.1 Å². The van der Waals surface area contributed by atoms with Crippen LogP contribution in [0.25, 0.3) is 0 Å². The van der Waals surface area contributed by atoms with Crippen molar-refractivity contribution in [3.05, 3.63) is 35.4 Å². The average Bonchev–Trinajstić information content (AvgIpc) is 2.79. The maximum absolute atomic E-state index is 13.1. The lowest BCUT2D eigenvalue weighted by Crippen LogP contribution is -2.49. The topological polar surface area (TPSA) is 61.9 Å². The molecule has 1 N–H and O–H groups in total. The second-order valence-corrected chi connectivity index (χ2v) is 8.54. The zero-order valence-electron chi connectivity index (χ0n) is 17.3. The summed E-state index contributed by atoms with van der Waals surface area (Å²) in [5, 5.41) is 2.98. The van der Waals surface area contributed by atoms with Crippen molar-refractivity contribution in [1.29, 1.82) is 0 Å². The molecule has 2 saturated heterocycles. The number of ether oxygens (including phenoxy) is 1. The molecule has 2 atom stereocenters. The Labute approximate surface area is 173 Å². The number of hydrogen-bond acceptors (Lipinski definition) is 4. The molecule has 1 saturated carbocycles. The molecule has 1 aromatic carbocycles. The molecular formula is C23H33N3O3. The standard InChI is InChI=1S/C23H33N3O3/c27-22(24-11-13-25-14-16-29-17-15-25)19-7-9-20(10-8-19)23(28)26-12-3-5-18-4-1-2-6-21(18)26/h7-10,18,21H,1-6,11-17H2,(H,24,27)/t18-,21-/m0/s1. The Hall–Kier alpha value is -1.92. The van der Waals surface area contributed by atoms with Gasteiger partial charge >= 0.3 is 0 Å². The van der Waals surface area contributed by atoms with Crippen LogP contribution in [0.5, 0.6) is 0 Å². The van der Waals surface area contributed by atoms with E-state index >= 15 is 0 Å². The minimum atomic E-state index is -0.0809. The quantitative estimate of drug-likeness (QED) is 0.827. The highest BCUT2D eigenvalue weighted by Crippen LogP contribution is 2.35. The molecule has 158 valence electrons. The Morgan fingerprint density at radius 3 is 2.41 bits per heavy atom. The zero-order chi connectivity index (χ0) is 20.1. The number of nitrogens with one attached hydrogen (secondary N) is 1. The summed E-state index contributed by atoms with van der Waals surface area (Å²) in [5.74, 6) is 0.724. The van der Waals surface area contributed by atoms with Crippen LogP contribution >= 0.6 is 0 Å². The van der Waals surface area contributed by atoms with Crippen molar-refractivity contribution < 1.29 is 14.3 Å². The van der Waals surface area contributed by atoms with E-state index in [9.17, 15) is 9.59 Å². The summed E-state index contributed by atoms with van der Waals surface area (Å²) >= 11 is 0. The highest BCUT2D eigenvalue weighted by molar-refractivity contribution is 5.98. The lowest BCUT2D eigenvalue weighted by atomic mass is 9.78. The second-order valence-electron chi connectivity index (χ2n) is 8.54. The second kappa shape index (κ2) is 9.72. The van der Waals surface area contributed by atoms with Gasteiger partial charge in [-0.1, -0.05) is 12.8 Å². The molecule has 1 aromatic rings. The van der Waals surface area contributed by atoms with Gasteiger partial charge in [0.15, 0.2) is 0 Å². The summed E-state index contributed by atoms with van der Waals surface area (Å²) in [7, 11) is 0. The highest BCUT2D eigenvalue weighted by Gasteiger charge is 2.35. The molecule has 29 heavy (non-hydrogen) atoms. The Kier molecular flexibility index (Phi) is 6.82. The molecule has 2 heterocycles. The summed E-state index contributed by atoms with van der Waals surface area (Å²) in [4.78, 5) is 29.9. The van der Waals surface area contributed by atoms with Crippen LogP contribution in [-0.2, 0) is 4.74 Å². The number of nitrogens with zero attached hydrogens (tertiary/aromatic N) is 2. The molecule has 0 aromatic heterocycles. The van der Waals surface area contributed by atoms with E-state index in [1.807, 2.05) is 12.1 Å². The number of morpholine rings is 1. The van der Waals surface area contributed by atoms with Gasteiger partial charge in [0.2, 0.25) is 0 Å². The van der Waals surface area contributed by atoms with E-state index < -0.39 is 0 Å². The molecule has 3 fully saturated rings. The molecule has 2 amide bonds. The number of fused-ring (bicyclic) bond motifs is 1. The van der Waals surface area contributed by atoms with E-state index in [-0.39, 0.29) is 11.8 Å². The van der Waals surface area contributed by atoms with Gasteiger partial charge in [-0.2, -0.15) is 0 Å². The molecule has 6 nitrogen and oxygen atoms in total. The minimum absolute atomic E-state index is 0.0809. The third-order valence-corrected chi connectivity index (χ3v) is 6.72. The molecule has 0 unspecified atom stereocenters. The first kappa shape index (κ1) is 20.4. The van der Waals surface area contributed by atoms with Gasteiger partial charge in [0, 0.05) is 49.9 Å². The third-order valence-electron chi connectivity index (χ3n) is 6.72. The molecule has 1 aliphatic carbocycles. The molecule has 0 spiro atoms. The fraction of sp³-hybridized carbons (Fsp3) is 0.652. The van der Waals surface area contributed by atoms with E-state index in [2.05, 4.69) is 15.1 Å². The molecule has 0 radical (unpaired) electrons. The highest BCUT2D eigenvalue weighted by atomic mass is 16.5. The number of piperidine rings is 1. The maximum Gasteiger partial charge on any atom is 0.254 e. The van der Waals surface area contributed by atoms with Crippen molar-refractivity contribution in [3.8, 4) is 0 Å². The van der Waals surface area contributed by atoms with E-state index in [0.29, 0.717) is 29.6 Å². The Bertz CT molecular complexity index is 698. The Morgan fingerprint density at radius 1 is 0.931 bits per heavy atom. The molecular weight excluding hydrogens is 366 g/mol. The van der Waals surface area contributed by atoms with Crippen molar-refractivity contribution in [3.63, 3.8) is 0 Å². The molecule has 3 aliphatic rings. The molecule has 2 aliphatic heterocycles. The van der Waals surface area contributed by atoms with Crippen molar-refractivity contribution in [2.45, 2.75) is 44.6 Å². The fourth-order valence-corrected chi connectivity index (χ4v) is 5.06. The summed E-state index contributed by atoms with van der Waals surface area (Å²) in [6.07, 6.45) is 7.31. The number of likely N-dealkylation sites (tertiary alicyclic amines) is 1. The predicted octanol–water partition coefficient (Wildman–Crippen LogP) is 2.54. The van der Waals surface area contributed by atoms with E-state index in [1.54, 1.807) is 12.1 Å². The van der Waals surface area contributed by atoms with Crippen molar-refractivity contribution >= 4 is 11.8 Å². The molecule has 0 bridgehead atoms. The lowest BCUT2D eigenvalue weighted by molar-refractivity contribution is 0.0382. The van der Waals surface area contributed by atoms with Gasteiger partial charge in [0.05, 0.1) is 13.2 Å². The van der Waals surface area contributed by atoms with Crippen LogP contribution < -0.4 is 5.32 Å². The summed E-state index contributed by atoms with van der Waals surface area (Å²) in [6.45, 7) is 5.70. The number of hydrogen-bond donors (Lipinski definition) is 1. The van der Waals surface area contributed by atoms with Gasteiger partial charge in [0.1, 0.15) is 0 Å². The van der Waals surface area contributed by atoms with Crippen LogP contribution in [-0.4, -0.2) is 73.6 Å². The van der Waals surface area contributed by atoms with Gasteiger partial charge in [-0.15, -0.1) is 0 Å². The van der Waals surface area contributed by atoms with Crippen LogP contribution in [0.2, 0.25) is 0 Å². The summed E-state index contributed by atoms with van der Waals surface area (Å²) in [5.41, 5.74) is 1.30. The van der Waals surface area contributed by atoms with Gasteiger partial charge in [-0.3, -0.25) is 14.5 Å². The van der Waals surface area contributed by atoms with Crippen molar-refractivity contribution in [2.75, 3.05) is 45.9 Å². The first-order chi connectivity index (χ1) is 14.2. The van der Waals surface area contributed by atoms with Gasteiger partial charge in [0.25, 0.3) is 11.8 Å². The van der Waals surface area contributed by atoms with Crippen LogP contribution in [0.15, 0.2) is 24.3 Å². The monoisotopic (exact) mass is 399 g/mol. The van der Waals surface area contributed by atoms with E-state index in [4.69, 9.17) is 4.74 Å². The van der Waals surface area contributed by atoms with Crippen molar-refractivity contribution in [2.24, 2.45) is 5.92 Å². The van der Waals surface area contributed by atoms with Gasteiger partial charge < -0.3 is 15.0 Å². The van der Waals surface area contributed by atoms with E-state index in [1.165, 1.54) is 25.7 Å². The van der Waals surface area contributed by atoms with Crippen LogP contribution in [0.1, 0.15) is 59.2 Å².